The molecule has 1 amide bonds. The molecule has 0 saturated heterocycles. The number of carbonyl (C=O) groups excluding carboxylic acids is 1. The van der Waals surface area contributed by atoms with E-state index in [1.165, 1.54) is 18.2 Å². The van der Waals surface area contributed by atoms with Crippen molar-refractivity contribution in [3.63, 3.8) is 0 Å². The summed E-state index contributed by atoms with van der Waals surface area (Å²) >= 11 is 0. The Bertz CT molecular complexity index is 451. The van der Waals surface area contributed by atoms with Gasteiger partial charge in [0.05, 0.1) is 6.54 Å². The zero-order valence-corrected chi connectivity index (χ0v) is 10.7. The lowest BCUT2D eigenvalue weighted by molar-refractivity contribution is -0.137. The third-order valence-electron chi connectivity index (χ3n) is 2.45. The number of carboxylic acid groups (broad SMARTS) is 1. The van der Waals surface area contributed by atoms with E-state index in [1.54, 1.807) is 18.0 Å². The molecule has 0 aliphatic carbocycles. The van der Waals surface area contributed by atoms with Crippen LogP contribution in [0, 0.1) is 5.82 Å². The Kier molecular flexibility index (Phi) is 5.95. The SMILES string of the molecule is CN(CCCC(=O)O)CC(=O)Nc1cccc(F)c1. The summed E-state index contributed by atoms with van der Waals surface area (Å²) in [5, 5.41) is 11.1. The van der Waals surface area contributed by atoms with Crippen molar-refractivity contribution < 1.29 is 19.1 Å². The van der Waals surface area contributed by atoms with Crippen molar-refractivity contribution in [1.29, 1.82) is 0 Å². The molecule has 19 heavy (non-hydrogen) atoms. The predicted molar refractivity (Wildman–Crippen MR) is 69.4 cm³/mol. The minimum Gasteiger partial charge on any atom is -0.481 e. The maximum atomic E-state index is 12.9. The van der Waals surface area contributed by atoms with E-state index in [4.69, 9.17) is 5.11 Å². The molecule has 5 nitrogen and oxygen atoms in total. The standard InChI is InChI=1S/C13H17FN2O3/c1-16(7-3-6-13(18)19)9-12(17)15-11-5-2-4-10(14)8-11/h2,4-5,8H,3,6-7,9H2,1H3,(H,15,17)(H,18,19). The van der Waals surface area contributed by atoms with Crippen LogP contribution in [0.1, 0.15) is 12.8 Å². The molecule has 2 N–H and O–H groups in total. The fourth-order valence-electron chi connectivity index (χ4n) is 1.59. The van der Waals surface area contributed by atoms with Crippen LogP contribution in [0.25, 0.3) is 0 Å². The first-order chi connectivity index (χ1) is 8.97. The van der Waals surface area contributed by atoms with E-state index in [1.807, 2.05) is 0 Å². The highest BCUT2D eigenvalue weighted by atomic mass is 19.1. The number of anilines is 1. The molecule has 0 spiro atoms. The number of benzene rings is 1. The lowest BCUT2D eigenvalue weighted by Crippen LogP contribution is -2.31. The molecule has 0 aromatic heterocycles. The van der Waals surface area contributed by atoms with Gasteiger partial charge in [0.2, 0.25) is 5.91 Å². The van der Waals surface area contributed by atoms with Crippen LogP contribution in [-0.4, -0.2) is 42.0 Å². The highest BCUT2D eigenvalue weighted by molar-refractivity contribution is 5.92. The first kappa shape index (κ1) is 15.1. The lowest BCUT2D eigenvalue weighted by atomic mass is 10.3. The minimum absolute atomic E-state index is 0.0792. The second-order valence-electron chi connectivity index (χ2n) is 4.29. The van der Waals surface area contributed by atoms with Crippen LogP contribution in [0.2, 0.25) is 0 Å². The van der Waals surface area contributed by atoms with E-state index in [9.17, 15) is 14.0 Å². The zero-order valence-electron chi connectivity index (χ0n) is 10.7. The van der Waals surface area contributed by atoms with Crippen molar-refractivity contribution in [2.75, 3.05) is 25.5 Å². The molecule has 0 aliphatic rings. The average molecular weight is 268 g/mol. The first-order valence-electron chi connectivity index (χ1n) is 5.93. The Morgan fingerprint density at radius 1 is 1.42 bits per heavy atom. The number of aliphatic carboxylic acids is 1. The average Bonchev–Trinajstić information content (AvgIpc) is 2.27. The molecule has 0 aliphatic heterocycles. The molecule has 1 aromatic rings. The van der Waals surface area contributed by atoms with E-state index < -0.39 is 11.8 Å². The van der Waals surface area contributed by atoms with Gasteiger partial charge in [-0.3, -0.25) is 14.5 Å². The Balaban J connectivity index is 2.32. The minimum atomic E-state index is -0.849. The number of carboxylic acids is 1. The Morgan fingerprint density at radius 3 is 2.79 bits per heavy atom. The second kappa shape index (κ2) is 7.48. The monoisotopic (exact) mass is 268 g/mol. The zero-order chi connectivity index (χ0) is 14.3. The molecule has 104 valence electrons. The van der Waals surface area contributed by atoms with Gasteiger partial charge in [0.1, 0.15) is 5.82 Å². The van der Waals surface area contributed by atoms with Gasteiger partial charge in [-0.15, -0.1) is 0 Å². The fraction of sp³-hybridized carbons (Fsp3) is 0.385. The quantitative estimate of drug-likeness (QED) is 0.787. The maximum absolute atomic E-state index is 12.9. The molecule has 0 unspecified atom stereocenters. The molecule has 6 heteroatoms. The predicted octanol–water partition coefficient (Wildman–Crippen LogP) is 1.56. The highest BCUT2D eigenvalue weighted by Crippen LogP contribution is 2.08. The molecule has 1 rings (SSSR count). The van der Waals surface area contributed by atoms with E-state index in [0.717, 1.165) is 0 Å². The molecule has 0 atom stereocenters. The summed E-state index contributed by atoms with van der Waals surface area (Å²) < 4.78 is 12.9. The summed E-state index contributed by atoms with van der Waals surface area (Å²) in [4.78, 5) is 23.7. The summed E-state index contributed by atoms with van der Waals surface area (Å²) in [6.45, 7) is 0.652. The number of rotatable bonds is 7. The van der Waals surface area contributed by atoms with Gasteiger partial charge in [-0.2, -0.15) is 0 Å². The molecule has 0 saturated carbocycles. The van der Waals surface area contributed by atoms with Crippen LogP contribution in [0.15, 0.2) is 24.3 Å². The fourth-order valence-corrected chi connectivity index (χ4v) is 1.59. The number of hydrogen-bond acceptors (Lipinski definition) is 3. The van der Waals surface area contributed by atoms with Crippen molar-refractivity contribution in [3.8, 4) is 0 Å². The van der Waals surface area contributed by atoms with Crippen molar-refractivity contribution in [2.24, 2.45) is 0 Å². The van der Waals surface area contributed by atoms with Gasteiger partial charge >= 0.3 is 5.97 Å². The van der Waals surface area contributed by atoms with E-state index in [-0.39, 0.29) is 18.9 Å². The molecular weight excluding hydrogens is 251 g/mol. The number of likely N-dealkylation sites (N-methyl/N-ethyl adjacent to an activating group) is 1. The van der Waals surface area contributed by atoms with Crippen molar-refractivity contribution in [1.82, 2.24) is 4.90 Å². The number of carbonyl (C=O) groups is 2. The van der Waals surface area contributed by atoms with Crippen LogP contribution in [0.5, 0.6) is 0 Å². The molecule has 0 heterocycles. The van der Waals surface area contributed by atoms with Gasteiger partial charge in [-0.1, -0.05) is 6.07 Å². The van der Waals surface area contributed by atoms with Gasteiger partial charge in [0.15, 0.2) is 0 Å². The van der Waals surface area contributed by atoms with Gasteiger partial charge < -0.3 is 10.4 Å². The summed E-state index contributed by atoms with van der Waals surface area (Å²) in [5.41, 5.74) is 0.406. The number of amides is 1. The van der Waals surface area contributed by atoms with Gasteiger partial charge in [-0.05, 0) is 38.2 Å². The normalized spacial score (nSPS) is 10.5. The topological polar surface area (TPSA) is 69.6 Å². The number of hydrogen-bond donors (Lipinski definition) is 2. The molecule has 1 aromatic carbocycles. The lowest BCUT2D eigenvalue weighted by Gasteiger charge is -2.15. The molecule has 0 bridgehead atoms. The molecule has 0 radical (unpaired) electrons. The second-order valence-corrected chi connectivity index (χ2v) is 4.29. The smallest absolute Gasteiger partial charge is 0.303 e. The van der Waals surface area contributed by atoms with Crippen LogP contribution >= 0.6 is 0 Å². The van der Waals surface area contributed by atoms with Gasteiger partial charge in [0, 0.05) is 12.1 Å². The summed E-state index contributed by atoms with van der Waals surface area (Å²) in [5.74, 6) is -1.52. The van der Waals surface area contributed by atoms with Crippen LogP contribution < -0.4 is 5.32 Å². The number of nitrogens with one attached hydrogen (secondary N) is 1. The summed E-state index contributed by atoms with van der Waals surface area (Å²) in [7, 11) is 1.73. The Labute approximate surface area is 111 Å². The van der Waals surface area contributed by atoms with Gasteiger partial charge in [-0.25, -0.2) is 4.39 Å². The van der Waals surface area contributed by atoms with E-state index in [0.29, 0.717) is 18.7 Å². The van der Waals surface area contributed by atoms with Gasteiger partial charge in [0.25, 0.3) is 0 Å². The largest absolute Gasteiger partial charge is 0.481 e. The van der Waals surface area contributed by atoms with Crippen LogP contribution in [-0.2, 0) is 9.59 Å². The van der Waals surface area contributed by atoms with Crippen molar-refractivity contribution in [3.05, 3.63) is 30.1 Å². The molecular formula is C13H17FN2O3. The molecule has 0 fully saturated rings. The van der Waals surface area contributed by atoms with E-state index in [2.05, 4.69) is 5.32 Å². The van der Waals surface area contributed by atoms with Crippen LogP contribution in [0.3, 0.4) is 0 Å². The Hall–Kier alpha value is -1.95. The Morgan fingerprint density at radius 2 is 2.16 bits per heavy atom. The third kappa shape index (κ3) is 6.52. The third-order valence-corrected chi connectivity index (χ3v) is 2.45. The highest BCUT2D eigenvalue weighted by Gasteiger charge is 2.08. The maximum Gasteiger partial charge on any atom is 0.303 e. The van der Waals surface area contributed by atoms with Crippen LogP contribution in [0.4, 0.5) is 10.1 Å². The van der Waals surface area contributed by atoms with Crippen molar-refractivity contribution in [2.45, 2.75) is 12.8 Å². The number of halogens is 1. The van der Waals surface area contributed by atoms with Crippen molar-refractivity contribution >= 4 is 17.6 Å². The summed E-state index contributed by atoms with van der Waals surface area (Å²) in [6.07, 6.45) is 0.564. The first-order valence-corrected chi connectivity index (χ1v) is 5.93. The van der Waals surface area contributed by atoms with E-state index >= 15 is 0 Å². The summed E-state index contributed by atoms with van der Waals surface area (Å²) in [6, 6.07) is 5.66. The number of nitrogens with zero attached hydrogens (tertiary/aromatic N) is 1.